The first-order valence-corrected chi connectivity index (χ1v) is 10.7. The van der Waals surface area contributed by atoms with Gasteiger partial charge in [0.25, 0.3) is 10.0 Å². The van der Waals surface area contributed by atoms with Gasteiger partial charge >= 0.3 is 6.03 Å². The summed E-state index contributed by atoms with van der Waals surface area (Å²) in [5.74, 6) is -0.0396. The van der Waals surface area contributed by atoms with E-state index in [9.17, 15) is 18.0 Å². The van der Waals surface area contributed by atoms with Crippen LogP contribution in [0.4, 0.5) is 10.5 Å². The number of nitrogens with one attached hydrogen (secondary N) is 2. The minimum atomic E-state index is -4.11. The fourth-order valence-corrected chi connectivity index (χ4v) is 3.85. The topological polar surface area (TPSA) is 92.3 Å². The van der Waals surface area contributed by atoms with E-state index in [1.807, 2.05) is 29.8 Å². The molecule has 0 aliphatic carbocycles. The smallest absolute Gasteiger partial charge is 0.307 e. The number of rotatable bonds is 7. The first-order chi connectivity index (χ1) is 13.2. The van der Waals surface area contributed by atoms with Gasteiger partial charge in [0.15, 0.2) is 5.78 Å². The van der Waals surface area contributed by atoms with Crippen molar-refractivity contribution < 1.29 is 18.0 Å². The average Bonchev–Trinajstić information content (AvgIpc) is 2.67. The maximum atomic E-state index is 12.6. The summed E-state index contributed by atoms with van der Waals surface area (Å²) in [4.78, 5) is 23.8. The highest BCUT2D eigenvalue weighted by atomic mass is 32.2. The molecule has 28 heavy (non-hydrogen) atoms. The van der Waals surface area contributed by atoms with E-state index in [2.05, 4.69) is 19.2 Å². The molecule has 7 heteroatoms. The number of amides is 2. The zero-order valence-corrected chi connectivity index (χ0v) is 17.4. The van der Waals surface area contributed by atoms with Crippen LogP contribution in [-0.2, 0) is 16.4 Å². The summed E-state index contributed by atoms with van der Waals surface area (Å²) in [6.45, 7) is 7.44. The molecule has 0 bridgehead atoms. The molecule has 0 spiro atoms. The molecular formula is C21H26N2O4S. The number of aryl methyl sites for hydroxylation is 1. The number of carbonyl (C=O) groups excluding carboxylic acids is 2. The molecule has 0 fully saturated rings. The van der Waals surface area contributed by atoms with E-state index in [0.29, 0.717) is 12.1 Å². The van der Waals surface area contributed by atoms with Crippen LogP contribution >= 0.6 is 0 Å². The summed E-state index contributed by atoms with van der Waals surface area (Å²) >= 11 is 0. The Labute approximate surface area is 166 Å². The molecule has 0 aliphatic rings. The summed E-state index contributed by atoms with van der Waals surface area (Å²) in [6.07, 6.45) is 1.59. The van der Waals surface area contributed by atoms with Gasteiger partial charge < -0.3 is 5.32 Å². The average molecular weight is 403 g/mol. The van der Waals surface area contributed by atoms with Crippen LogP contribution < -0.4 is 10.0 Å². The highest BCUT2D eigenvalue weighted by Gasteiger charge is 2.21. The lowest BCUT2D eigenvalue weighted by molar-refractivity contribution is 0.101. The third-order valence-corrected chi connectivity index (χ3v) is 6.05. The molecule has 2 N–H and O–H groups in total. The van der Waals surface area contributed by atoms with Crippen molar-refractivity contribution in [3.63, 3.8) is 0 Å². The van der Waals surface area contributed by atoms with E-state index < -0.39 is 16.1 Å². The Morgan fingerprint density at radius 2 is 1.75 bits per heavy atom. The zero-order chi connectivity index (χ0) is 20.9. The van der Waals surface area contributed by atoms with E-state index in [1.54, 1.807) is 0 Å². The summed E-state index contributed by atoms with van der Waals surface area (Å²) in [6, 6.07) is 10.5. The molecule has 0 heterocycles. The third kappa shape index (κ3) is 4.98. The van der Waals surface area contributed by atoms with Crippen LogP contribution in [0.15, 0.2) is 47.4 Å². The van der Waals surface area contributed by atoms with Gasteiger partial charge in [-0.2, -0.15) is 0 Å². The number of sulfonamides is 1. The van der Waals surface area contributed by atoms with Crippen LogP contribution in [0.1, 0.15) is 61.5 Å². The lowest BCUT2D eigenvalue weighted by atomic mass is 9.93. The Morgan fingerprint density at radius 1 is 1.07 bits per heavy atom. The Balaban J connectivity index is 2.29. The molecule has 0 saturated heterocycles. The number of hydrogen-bond donors (Lipinski definition) is 2. The highest BCUT2D eigenvalue weighted by Crippen LogP contribution is 2.30. The molecular weight excluding hydrogens is 376 g/mol. The molecule has 2 aromatic carbocycles. The van der Waals surface area contributed by atoms with Crippen LogP contribution in [0.5, 0.6) is 0 Å². The predicted molar refractivity (Wildman–Crippen MR) is 110 cm³/mol. The number of Topliss-reactive ketones (excluding diaryl/α,β-unsaturated/α-hetero) is 1. The van der Waals surface area contributed by atoms with E-state index in [1.165, 1.54) is 31.2 Å². The van der Waals surface area contributed by atoms with Crippen molar-refractivity contribution in [1.82, 2.24) is 4.72 Å². The van der Waals surface area contributed by atoms with Gasteiger partial charge in [-0.1, -0.05) is 51.1 Å². The van der Waals surface area contributed by atoms with E-state index >= 15 is 0 Å². The van der Waals surface area contributed by atoms with Crippen LogP contribution in [0.3, 0.4) is 0 Å². The summed E-state index contributed by atoms with van der Waals surface area (Å²) in [7, 11) is -4.11. The molecule has 0 saturated carbocycles. The van der Waals surface area contributed by atoms with Gasteiger partial charge in [-0.3, -0.25) is 4.79 Å². The van der Waals surface area contributed by atoms with Crippen molar-refractivity contribution in [2.75, 3.05) is 5.32 Å². The van der Waals surface area contributed by atoms with Crippen LogP contribution in [0, 0.1) is 0 Å². The standard InChI is InChI=1S/C21H26N2O4S/c1-5-14(3)19-12-8-9-16(6-2)20(19)22-21(25)23-28(26,27)18-11-7-10-17(13-18)15(4)24/h7-14H,5-6H2,1-4H3,(H2,22,23,25). The Hall–Kier alpha value is -2.67. The number of ketones is 1. The first-order valence-electron chi connectivity index (χ1n) is 9.26. The van der Waals surface area contributed by atoms with Crippen molar-refractivity contribution >= 4 is 27.5 Å². The van der Waals surface area contributed by atoms with Crippen LogP contribution in [0.2, 0.25) is 0 Å². The SMILES string of the molecule is CCc1cccc(C(C)CC)c1NC(=O)NS(=O)(=O)c1cccc(C(C)=O)c1. The summed E-state index contributed by atoms with van der Waals surface area (Å²) < 4.78 is 27.1. The van der Waals surface area contributed by atoms with E-state index in [0.717, 1.165) is 17.5 Å². The second kappa shape index (κ2) is 9.01. The van der Waals surface area contributed by atoms with Crippen LogP contribution in [0.25, 0.3) is 0 Å². The maximum absolute atomic E-state index is 12.6. The molecule has 2 aromatic rings. The second-order valence-corrected chi connectivity index (χ2v) is 8.37. The Kier molecular flexibility index (Phi) is 6.96. The predicted octanol–water partition coefficient (Wildman–Crippen LogP) is 4.48. The highest BCUT2D eigenvalue weighted by molar-refractivity contribution is 7.90. The van der Waals surface area contributed by atoms with Gasteiger partial charge in [0, 0.05) is 11.3 Å². The van der Waals surface area contributed by atoms with Crippen molar-refractivity contribution in [1.29, 1.82) is 0 Å². The lowest BCUT2D eigenvalue weighted by Gasteiger charge is -2.19. The number of carbonyl (C=O) groups is 2. The third-order valence-electron chi connectivity index (χ3n) is 4.72. The second-order valence-electron chi connectivity index (χ2n) is 6.69. The van der Waals surface area contributed by atoms with Gasteiger partial charge in [0.1, 0.15) is 0 Å². The monoisotopic (exact) mass is 402 g/mol. The minimum absolute atomic E-state index is 0.138. The van der Waals surface area contributed by atoms with Crippen molar-refractivity contribution in [3.8, 4) is 0 Å². The molecule has 0 aromatic heterocycles. The van der Waals surface area contributed by atoms with Gasteiger partial charge in [0.2, 0.25) is 0 Å². The molecule has 2 rings (SSSR count). The van der Waals surface area contributed by atoms with E-state index in [-0.39, 0.29) is 22.2 Å². The first kappa shape index (κ1) is 21.6. The zero-order valence-electron chi connectivity index (χ0n) is 16.6. The molecule has 1 atom stereocenters. The van der Waals surface area contributed by atoms with Gasteiger partial charge in [-0.25, -0.2) is 17.9 Å². The van der Waals surface area contributed by atoms with Gasteiger partial charge in [-0.05, 0) is 48.9 Å². The molecule has 6 nitrogen and oxygen atoms in total. The minimum Gasteiger partial charge on any atom is -0.307 e. The summed E-state index contributed by atoms with van der Waals surface area (Å²) in [5, 5.41) is 2.71. The normalized spacial score (nSPS) is 12.3. The number of anilines is 1. The molecule has 0 aliphatic heterocycles. The lowest BCUT2D eigenvalue weighted by Crippen LogP contribution is -2.35. The molecule has 2 amide bonds. The van der Waals surface area contributed by atoms with Crippen molar-refractivity contribution in [3.05, 3.63) is 59.2 Å². The van der Waals surface area contributed by atoms with Crippen molar-refractivity contribution in [2.45, 2.75) is 51.3 Å². The quantitative estimate of drug-likeness (QED) is 0.668. The Bertz CT molecular complexity index is 984. The van der Waals surface area contributed by atoms with Gasteiger partial charge in [-0.15, -0.1) is 0 Å². The summed E-state index contributed by atoms with van der Waals surface area (Å²) in [5.41, 5.74) is 2.81. The number of para-hydroxylation sites is 1. The van der Waals surface area contributed by atoms with Crippen LogP contribution in [-0.4, -0.2) is 20.2 Å². The number of hydrogen-bond acceptors (Lipinski definition) is 4. The number of urea groups is 1. The fraction of sp³-hybridized carbons (Fsp3) is 0.333. The fourth-order valence-electron chi connectivity index (χ4n) is 2.90. The molecule has 1 unspecified atom stereocenters. The number of benzene rings is 2. The molecule has 0 radical (unpaired) electrons. The Morgan fingerprint density at radius 3 is 2.36 bits per heavy atom. The van der Waals surface area contributed by atoms with Gasteiger partial charge in [0.05, 0.1) is 4.90 Å². The largest absolute Gasteiger partial charge is 0.333 e. The maximum Gasteiger partial charge on any atom is 0.333 e. The van der Waals surface area contributed by atoms with E-state index in [4.69, 9.17) is 0 Å². The van der Waals surface area contributed by atoms with Crippen molar-refractivity contribution in [2.24, 2.45) is 0 Å². The molecule has 150 valence electrons.